The molecule has 0 aliphatic heterocycles. The van der Waals surface area contributed by atoms with Crippen LogP contribution in [0.2, 0.25) is 10.0 Å². The minimum Gasteiger partial charge on any atom is -0.493 e. The van der Waals surface area contributed by atoms with E-state index in [9.17, 15) is 0 Å². The monoisotopic (exact) mass is 389 g/mol. The van der Waals surface area contributed by atoms with E-state index in [0.29, 0.717) is 28.1 Å². The van der Waals surface area contributed by atoms with Crippen LogP contribution in [-0.2, 0) is 6.54 Å². The Kier molecular flexibility index (Phi) is 5.62. The third kappa shape index (κ3) is 4.19. The van der Waals surface area contributed by atoms with Crippen molar-refractivity contribution >= 4 is 44.8 Å². The number of anilines is 1. The van der Waals surface area contributed by atoms with Gasteiger partial charge in [-0.2, -0.15) is 0 Å². The van der Waals surface area contributed by atoms with Crippen molar-refractivity contribution < 1.29 is 9.47 Å². The van der Waals surface area contributed by atoms with Gasteiger partial charge in [-0.3, -0.25) is 0 Å². The van der Waals surface area contributed by atoms with E-state index in [1.54, 1.807) is 20.3 Å². The molecule has 0 radical (unpaired) electrons. The van der Waals surface area contributed by atoms with Crippen molar-refractivity contribution in [2.75, 3.05) is 19.5 Å². The fraction of sp³-hybridized carbons (Fsp3) is 0.200. The Morgan fingerprint density at radius 3 is 2.24 bits per heavy atom. The van der Waals surface area contributed by atoms with Crippen molar-refractivity contribution in [3.05, 3.63) is 50.4 Å². The molecule has 1 N–H and O–H groups in total. The second kappa shape index (κ2) is 7.25. The van der Waals surface area contributed by atoms with Gasteiger partial charge in [0.2, 0.25) is 0 Å². The summed E-state index contributed by atoms with van der Waals surface area (Å²) in [5.41, 5.74) is 1.80. The molecule has 0 saturated carbocycles. The normalized spacial score (nSPS) is 10.3. The van der Waals surface area contributed by atoms with Crippen LogP contribution in [0.25, 0.3) is 0 Å². The lowest BCUT2D eigenvalue weighted by atomic mass is 10.1. The van der Waals surface area contributed by atoms with E-state index in [1.807, 2.05) is 24.3 Å². The van der Waals surface area contributed by atoms with Crippen molar-refractivity contribution in [3.8, 4) is 11.5 Å². The van der Waals surface area contributed by atoms with Crippen molar-refractivity contribution in [2.24, 2.45) is 0 Å². The first-order chi connectivity index (χ1) is 10.0. The fourth-order valence-electron chi connectivity index (χ4n) is 1.99. The zero-order valence-corrected chi connectivity index (χ0v) is 14.6. The van der Waals surface area contributed by atoms with Gasteiger partial charge in [0.25, 0.3) is 0 Å². The largest absolute Gasteiger partial charge is 0.493 e. The Morgan fingerprint density at radius 2 is 1.67 bits per heavy atom. The van der Waals surface area contributed by atoms with Crippen molar-refractivity contribution in [1.29, 1.82) is 0 Å². The Labute approximate surface area is 142 Å². The zero-order chi connectivity index (χ0) is 15.4. The van der Waals surface area contributed by atoms with E-state index < -0.39 is 0 Å². The summed E-state index contributed by atoms with van der Waals surface area (Å²) >= 11 is 15.4. The molecule has 0 bridgehead atoms. The number of nitrogens with one attached hydrogen (secondary N) is 1. The van der Waals surface area contributed by atoms with E-state index >= 15 is 0 Å². The molecule has 2 aromatic carbocycles. The summed E-state index contributed by atoms with van der Waals surface area (Å²) in [6.45, 7) is 0.551. The van der Waals surface area contributed by atoms with Gasteiger partial charge >= 0.3 is 0 Å². The van der Waals surface area contributed by atoms with E-state index in [4.69, 9.17) is 32.7 Å². The van der Waals surface area contributed by atoms with Crippen LogP contribution in [0.15, 0.2) is 34.8 Å². The Hall–Kier alpha value is -1.10. The van der Waals surface area contributed by atoms with Crippen molar-refractivity contribution in [3.63, 3.8) is 0 Å². The molecule has 0 aliphatic carbocycles. The van der Waals surface area contributed by atoms with Crippen LogP contribution in [0.1, 0.15) is 5.56 Å². The summed E-state index contributed by atoms with van der Waals surface area (Å²) in [7, 11) is 3.23. The first kappa shape index (κ1) is 16.3. The molecule has 112 valence electrons. The number of benzene rings is 2. The second-order valence-corrected chi connectivity index (χ2v) is 6.10. The van der Waals surface area contributed by atoms with E-state index in [1.165, 1.54) is 0 Å². The number of ether oxygens (including phenoxy) is 2. The van der Waals surface area contributed by atoms with Crippen LogP contribution in [0.3, 0.4) is 0 Å². The Bertz CT molecular complexity index is 630. The molecule has 2 aromatic rings. The lowest BCUT2D eigenvalue weighted by Crippen LogP contribution is -2.03. The van der Waals surface area contributed by atoms with Crippen LogP contribution in [0.5, 0.6) is 11.5 Å². The third-order valence-electron chi connectivity index (χ3n) is 2.87. The Balaban J connectivity index is 2.25. The minimum absolute atomic E-state index is 0.551. The van der Waals surface area contributed by atoms with Crippen molar-refractivity contribution in [1.82, 2.24) is 0 Å². The molecule has 0 heterocycles. The molecule has 21 heavy (non-hydrogen) atoms. The highest BCUT2D eigenvalue weighted by Gasteiger charge is 2.11. The van der Waals surface area contributed by atoms with Gasteiger partial charge in [-0.15, -0.1) is 0 Å². The van der Waals surface area contributed by atoms with Crippen LogP contribution < -0.4 is 14.8 Å². The number of methoxy groups -OCH3 is 2. The summed E-state index contributed by atoms with van der Waals surface area (Å²) in [6, 6.07) is 9.15. The van der Waals surface area contributed by atoms with E-state index in [0.717, 1.165) is 15.7 Å². The van der Waals surface area contributed by atoms with E-state index in [2.05, 4.69) is 21.2 Å². The molecule has 0 unspecified atom stereocenters. The Morgan fingerprint density at radius 1 is 1.00 bits per heavy atom. The molecular formula is C15H14BrCl2NO2. The number of halogens is 3. The summed E-state index contributed by atoms with van der Waals surface area (Å²) in [5, 5.41) is 4.44. The molecule has 0 aromatic heterocycles. The van der Waals surface area contributed by atoms with Crippen LogP contribution >= 0.6 is 39.1 Å². The quantitative estimate of drug-likeness (QED) is 0.742. The molecule has 0 saturated heterocycles. The first-order valence-corrected chi connectivity index (χ1v) is 7.68. The first-order valence-electron chi connectivity index (χ1n) is 6.14. The highest BCUT2D eigenvalue weighted by Crippen LogP contribution is 2.35. The lowest BCUT2D eigenvalue weighted by molar-refractivity contribution is 0.352. The SMILES string of the molecule is COc1cc(Br)cc(CNc2cc(Cl)cc(Cl)c2)c1OC. The van der Waals surface area contributed by atoms with Gasteiger partial charge in [0.05, 0.1) is 14.2 Å². The van der Waals surface area contributed by atoms with Gasteiger partial charge in [-0.1, -0.05) is 39.1 Å². The molecule has 0 spiro atoms. The maximum Gasteiger partial charge on any atom is 0.165 e. The third-order valence-corrected chi connectivity index (χ3v) is 3.76. The van der Waals surface area contributed by atoms with Gasteiger partial charge in [0, 0.05) is 32.3 Å². The lowest BCUT2D eigenvalue weighted by Gasteiger charge is -2.15. The standard InChI is InChI=1S/C15H14BrCl2NO2/c1-20-14-4-10(16)3-9(15(14)21-2)8-19-13-6-11(17)5-12(18)7-13/h3-7,19H,8H2,1-2H3. The average molecular weight is 391 g/mol. The van der Waals surface area contributed by atoms with Crippen LogP contribution in [0, 0.1) is 0 Å². The highest BCUT2D eigenvalue weighted by atomic mass is 79.9. The molecule has 0 atom stereocenters. The predicted octanol–water partition coefficient (Wildman–Crippen LogP) is 5.39. The van der Waals surface area contributed by atoms with Crippen LogP contribution in [0.4, 0.5) is 5.69 Å². The number of hydrogen-bond donors (Lipinski definition) is 1. The summed E-state index contributed by atoms with van der Waals surface area (Å²) in [6.07, 6.45) is 0. The average Bonchev–Trinajstić information content (AvgIpc) is 2.43. The predicted molar refractivity (Wildman–Crippen MR) is 91.0 cm³/mol. The summed E-state index contributed by atoms with van der Waals surface area (Å²) in [4.78, 5) is 0. The zero-order valence-electron chi connectivity index (χ0n) is 11.5. The minimum atomic E-state index is 0.551. The second-order valence-electron chi connectivity index (χ2n) is 4.31. The van der Waals surface area contributed by atoms with Crippen LogP contribution in [-0.4, -0.2) is 14.2 Å². The maximum atomic E-state index is 5.99. The van der Waals surface area contributed by atoms with Gasteiger partial charge < -0.3 is 14.8 Å². The van der Waals surface area contributed by atoms with Gasteiger partial charge in [-0.05, 0) is 30.3 Å². The molecular weight excluding hydrogens is 377 g/mol. The number of hydrogen-bond acceptors (Lipinski definition) is 3. The fourth-order valence-corrected chi connectivity index (χ4v) is 3.00. The molecule has 0 aliphatic rings. The van der Waals surface area contributed by atoms with Crippen molar-refractivity contribution in [2.45, 2.75) is 6.54 Å². The number of rotatable bonds is 5. The molecule has 0 amide bonds. The molecule has 6 heteroatoms. The van der Waals surface area contributed by atoms with E-state index in [-0.39, 0.29) is 0 Å². The summed E-state index contributed by atoms with van der Waals surface area (Å²) in [5.74, 6) is 1.37. The van der Waals surface area contributed by atoms with Gasteiger partial charge in [-0.25, -0.2) is 0 Å². The van der Waals surface area contributed by atoms with Gasteiger partial charge in [0.1, 0.15) is 0 Å². The smallest absolute Gasteiger partial charge is 0.165 e. The summed E-state index contributed by atoms with van der Waals surface area (Å²) < 4.78 is 11.7. The van der Waals surface area contributed by atoms with Gasteiger partial charge in [0.15, 0.2) is 11.5 Å². The molecule has 0 fully saturated rings. The maximum absolute atomic E-state index is 5.99. The highest BCUT2D eigenvalue weighted by molar-refractivity contribution is 9.10. The molecule has 3 nitrogen and oxygen atoms in total. The molecule has 2 rings (SSSR count). The topological polar surface area (TPSA) is 30.5 Å².